The second kappa shape index (κ2) is 1.99. The van der Waals surface area contributed by atoms with Gasteiger partial charge in [-0.2, -0.15) is 0 Å². The molecule has 1 N–H and O–H groups in total. The maximum atomic E-state index is 9.31. The fraction of sp³-hybridized carbons (Fsp3) is 0.125. The lowest BCUT2D eigenvalue weighted by atomic mass is 10.4. The summed E-state index contributed by atoms with van der Waals surface area (Å²) in [5.74, 6) is 0.239. The highest BCUT2D eigenvalue weighted by atomic mass is 16.3. The molecule has 0 fully saturated rings. The molecule has 11 heavy (non-hydrogen) atoms. The number of rotatable bonds is 0. The molecule has 0 aliphatic heterocycles. The van der Waals surface area contributed by atoms with E-state index in [0.29, 0.717) is 5.52 Å². The molecule has 0 saturated carbocycles. The molecule has 0 aliphatic carbocycles. The molecule has 2 heterocycles. The molecule has 0 unspecified atom stereocenters. The van der Waals surface area contributed by atoms with E-state index in [2.05, 4.69) is 4.98 Å². The van der Waals surface area contributed by atoms with Gasteiger partial charge in [-0.3, -0.25) is 4.98 Å². The summed E-state index contributed by atoms with van der Waals surface area (Å²) in [6.45, 7) is 0. The number of aromatic nitrogens is 2. The normalized spacial score (nSPS) is 10.6. The van der Waals surface area contributed by atoms with Crippen molar-refractivity contribution in [1.29, 1.82) is 0 Å². The number of aryl methyl sites for hydroxylation is 1. The van der Waals surface area contributed by atoms with Gasteiger partial charge in [0, 0.05) is 19.4 Å². The molecular formula is C8H8N2O. The molecule has 0 atom stereocenters. The van der Waals surface area contributed by atoms with Crippen molar-refractivity contribution in [2.24, 2.45) is 7.05 Å². The van der Waals surface area contributed by atoms with Gasteiger partial charge >= 0.3 is 0 Å². The second-order valence-corrected chi connectivity index (χ2v) is 2.50. The molecule has 0 spiro atoms. The first-order chi connectivity index (χ1) is 5.29. The predicted molar refractivity (Wildman–Crippen MR) is 42.4 cm³/mol. The topological polar surface area (TPSA) is 38.0 Å². The first kappa shape index (κ1) is 6.22. The average molecular weight is 148 g/mol. The maximum Gasteiger partial charge on any atom is 0.159 e. The zero-order valence-electron chi connectivity index (χ0n) is 6.15. The predicted octanol–water partition coefficient (Wildman–Crippen LogP) is 1.28. The molecule has 2 aromatic heterocycles. The summed E-state index contributed by atoms with van der Waals surface area (Å²) in [7, 11) is 1.88. The lowest BCUT2D eigenvalue weighted by Gasteiger charge is -1.91. The van der Waals surface area contributed by atoms with Crippen molar-refractivity contribution in [2.75, 3.05) is 0 Å². The molecule has 3 heteroatoms. The van der Waals surface area contributed by atoms with Gasteiger partial charge in [0.2, 0.25) is 0 Å². The van der Waals surface area contributed by atoms with Crippen molar-refractivity contribution in [3.05, 3.63) is 24.5 Å². The van der Waals surface area contributed by atoms with Gasteiger partial charge in [0.15, 0.2) is 5.75 Å². The summed E-state index contributed by atoms with van der Waals surface area (Å²) in [5.41, 5.74) is 1.61. The Balaban J connectivity index is 2.95. The Hall–Kier alpha value is -1.51. The van der Waals surface area contributed by atoms with Crippen LogP contribution in [0, 0.1) is 0 Å². The van der Waals surface area contributed by atoms with Crippen LogP contribution >= 0.6 is 0 Å². The average Bonchev–Trinajstić information content (AvgIpc) is 2.30. The van der Waals surface area contributed by atoms with Crippen LogP contribution in [0.25, 0.3) is 11.0 Å². The zero-order valence-corrected chi connectivity index (χ0v) is 6.15. The summed E-state index contributed by atoms with van der Waals surface area (Å²) < 4.78 is 1.84. The summed E-state index contributed by atoms with van der Waals surface area (Å²) in [6, 6.07) is 3.77. The molecule has 0 bridgehead atoms. The Kier molecular flexibility index (Phi) is 1.12. The van der Waals surface area contributed by atoms with Crippen LogP contribution in [0.2, 0.25) is 0 Å². The van der Waals surface area contributed by atoms with Crippen LogP contribution in [-0.2, 0) is 7.05 Å². The van der Waals surface area contributed by atoms with Crippen molar-refractivity contribution in [3.63, 3.8) is 0 Å². The first-order valence-corrected chi connectivity index (χ1v) is 3.38. The van der Waals surface area contributed by atoms with E-state index in [9.17, 15) is 5.11 Å². The maximum absolute atomic E-state index is 9.31. The smallest absolute Gasteiger partial charge is 0.159 e. The van der Waals surface area contributed by atoms with Gasteiger partial charge in [0.05, 0.1) is 5.52 Å². The number of pyridine rings is 1. The Morgan fingerprint density at radius 2 is 2.36 bits per heavy atom. The van der Waals surface area contributed by atoms with Crippen molar-refractivity contribution < 1.29 is 5.11 Å². The van der Waals surface area contributed by atoms with Crippen LogP contribution in [0.4, 0.5) is 0 Å². The summed E-state index contributed by atoms with van der Waals surface area (Å²) in [6.07, 6.45) is 3.32. The van der Waals surface area contributed by atoms with Crippen LogP contribution in [0.1, 0.15) is 0 Å². The Morgan fingerprint density at radius 3 is 3.09 bits per heavy atom. The minimum absolute atomic E-state index is 0.239. The third-order valence-electron chi connectivity index (χ3n) is 1.72. The van der Waals surface area contributed by atoms with Crippen molar-refractivity contribution >= 4 is 11.0 Å². The lowest BCUT2D eigenvalue weighted by Crippen LogP contribution is -1.82. The van der Waals surface area contributed by atoms with Crippen molar-refractivity contribution in [1.82, 2.24) is 9.55 Å². The van der Waals surface area contributed by atoms with E-state index in [1.165, 1.54) is 0 Å². The highest BCUT2D eigenvalue weighted by molar-refractivity contribution is 5.81. The number of hydrogen-bond donors (Lipinski definition) is 1. The van der Waals surface area contributed by atoms with E-state index in [4.69, 9.17) is 0 Å². The van der Waals surface area contributed by atoms with E-state index in [1.807, 2.05) is 23.7 Å². The highest BCUT2D eigenvalue weighted by Crippen LogP contribution is 2.22. The molecule has 0 aromatic carbocycles. The number of nitrogens with zero attached hydrogens (tertiary/aromatic N) is 2. The van der Waals surface area contributed by atoms with Crippen molar-refractivity contribution in [3.8, 4) is 5.75 Å². The summed E-state index contributed by atoms with van der Waals surface area (Å²) >= 11 is 0. The summed E-state index contributed by atoms with van der Waals surface area (Å²) in [4.78, 5) is 4.03. The van der Waals surface area contributed by atoms with Gasteiger partial charge in [-0.15, -0.1) is 0 Å². The standard InChI is InChI=1S/C8H8N2O/c1-10-5-7(11)8-6(10)3-2-4-9-8/h2-5,11H,1H3. The molecule has 2 rings (SSSR count). The second-order valence-electron chi connectivity index (χ2n) is 2.50. The molecule has 3 nitrogen and oxygen atoms in total. The Morgan fingerprint density at radius 1 is 1.55 bits per heavy atom. The largest absolute Gasteiger partial charge is 0.504 e. The van der Waals surface area contributed by atoms with E-state index in [-0.39, 0.29) is 5.75 Å². The van der Waals surface area contributed by atoms with Gasteiger partial charge in [-0.05, 0) is 12.1 Å². The van der Waals surface area contributed by atoms with Crippen LogP contribution in [-0.4, -0.2) is 14.7 Å². The van der Waals surface area contributed by atoms with Gasteiger partial charge in [-0.25, -0.2) is 0 Å². The van der Waals surface area contributed by atoms with E-state index in [0.717, 1.165) is 5.52 Å². The van der Waals surface area contributed by atoms with Crippen LogP contribution in [0.15, 0.2) is 24.5 Å². The number of fused-ring (bicyclic) bond motifs is 1. The minimum Gasteiger partial charge on any atom is -0.504 e. The third-order valence-corrected chi connectivity index (χ3v) is 1.72. The van der Waals surface area contributed by atoms with Gasteiger partial charge < -0.3 is 9.67 Å². The first-order valence-electron chi connectivity index (χ1n) is 3.38. The Bertz CT molecular complexity index is 356. The number of hydrogen-bond acceptors (Lipinski definition) is 2. The minimum atomic E-state index is 0.239. The fourth-order valence-corrected chi connectivity index (χ4v) is 1.19. The van der Waals surface area contributed by atoms with Crippen LogP contribution < -0.4 is 0 Å². The molecule has 0 amide bonds. The lowest BCUT2D eigenvalue weighted by molar-refractivity contribution is 0.478. The van der Waals surface area contributed by atoms with E-state index < -0.39 is 0 Å². The zero-order chi connectivity index (χ0) is 7.84. The quantitative estimate of drug-likeness (QED) is 0.611. The molecule has 0 saturated heterocycles. The monoisotopic (exact) mass is 148 g/mol. The molecular weight excluding hydrogens is 140 g/mol. The summed E-state index contributed by atoms with van der Waals surface area (Å²) in [5, 5.41) is 9.31. The van der Waals surface area contributed by atoms with E-state index >= 15 is 0 Å². The van der Waals surface area contributed by atoms with E-state index in [1.54, 1.807) is 12.4 Å². The van der Waals surface area contributed by atoms with Crippen LogP contribution in [0.5, 0.6) is 5.75 Å². The van der Waals surface area contributed by atoms with Gasteiger partial charge in [0.1, 0.15) is 5.52 Å². The van der Waals surface area contributed by atoms with Gasteiger partial charge in [-0.1, -0.05) is 0 Å². The molecule has 56 valence electrons. The Labute approximate surface area is 63.9 Å². The highest BCUT2D eigenvalue weighted by Gasteiger charge is 2.03. The van der Waals surface area contributed by atoms with Crippen molar-refractivity contribution in [2.45, 2.75) is 0 Å². The van der Waals surface area contributed by atoms with Crippen LogP contribution in [0.3, 0.4) is 0 Å². The third kappa shape index (κ3) is 0.774. The van der Waals surface area contributed by atoms with Gasteiger partial charge in [0.25, 0.3) is 0 Å². The molecule has 2 aromatic rings. The molecule has 0 radical (unpaired) electrons. The molecule has 0 aliphatic rings. The fourth-order valence-electron chi connectivity index (χ4n) is 1.19. The SMILES string of the molecule is Cn1cc(O)c2ncccc21. The number of aromatic hydroxyl groups is 1.